The smallest absolute Gasteiger partial charge is 0.341 e. The molecule has 3 aromatic carbocycles. The number of hydrogen-bond donors (Lipinski definition) is 0. The highest BCUT2D eigenvalue weighted by atomic mass is 35.5. The number of fused-ring (bicyclic) bond motifs is 1. The summed E-state index contributed by atoms with van der Waals surface area (Å²) in [6.45, 7) is 1.75. The fraction of sp³-hybridized carbons (Fsp3) is 0.179. The van der Waals surface area contributed by atoms with E-state index in [9.17, 15) is 4.79 Å². The van der Waals surface area contributed by atoms with Crippen LogP contribution in [0.3, 0.4) is 0 Å². The second-order valence-electron chi connectivity index (χ2n) is 7.94. The van der Waals surface area contributed by atoms with Crippen molar-refractivity contribution < 1.29 is 23.8 Å². The average molecular weight is 520 g/mol. The van der Waals surface area contributed by atoms with E-state index in [0.717, 1.165) is 10.9 Å². The lowest BCUT2D eigenvalue weighted by molar-refractivity contribution is -0.133. The quantitative estimate of drug-likeness (QED) is 0.0849. The molecule has 4 rings (SSSR count). The molecule has 0 spiro atoms. The Morgan fingerprint density at radius 1 is 1.05 bits per heavy atom. The molecule has 0 saturated heterocycles. The van der Waals surface area contributed by atoms with Gasteiger partial charge in [0, 0.05) is 35.3 Å². The molecule has 0 aliphatic heterocycles. The number of halogens is 1. The summed E-state index contributed by atoms with van der Waals surface area (Å²) < 4.78 is 17.9. The van der Waals surface area contributed by atoms with Crippen molar-refractivity contribution in [1.82, 2.24) is 9.78 Å². The zero-order valence-corrected chi connectivity index (χ0v) is 21.6. The largest absolute Gasteiger partial charge is 0.503 e. The Morgan fingerprint density at radius 2 is 1.78 bits per heavy atom. The molecule has 190 valence electrons. The van der Waals surface area contributed by atoms with E-state index in [-0.39, 0.29) is 5.57 Å². The number of aromatic nitrogens is 2. The molecule has 0 radical (unpaired) electrons. The first-order chi connectivity index (χ1) is 18.0. The third kappa shape index (κ3) is 5.59. The molecule has 4 aromatic rings. The fourth-order valence-corrected chi connectivity index (χ4v) is 4.08. The number of carbonyl (C=O) groups excluding carboxylic acids is 1. The van der Waals surface area contributed by atoms with Gasteiger partial charge in [0.05, 0.1) is 26.0 Å². The Labute approximate surface area is 219 Å². The predicted octanol–water partition coefficient (Wildman–Crippen LogP) is 6.29. The second kappa shape index (κ2) is 11.6. The van der Waals surface area contributed by atoms with E-state index in [1.165, 1.54) is 20.5 Å². The van der Waals surface area contributed by atoms with Gasteiger partial charge < -0.3 is 19.0 Å². The van der Waals surface area contributed by atoms with E-state index in [1.807, 2.05) is 43.4 Å². The predicted molar refractivity (Wildman–Crippen MR) is 143 cm³/mol. The van der Waals surface area contributed by atoms with E-state index in [2.05, 4.69) is 5.16 Å². The third-order valence-corrected chi connectivity index (χ3v) is 5.85. The molecular formula is C28H26ClN3O5. The van der Waals surface area contributed by atoms with Gasteiger partial charge in [0.25, 0.3) is 0 Å². The van der Waals surface area contributed by atoms with Crippen LogP contribution in [0.2, 0.25) is 5.02 Å². The van der Waals surface area contributed by atoms with Crippen molar-refractivity contribution in [3.8, 4) is 11.5 Å². The summed E-state index contributed by atoms with van der Waals surface area (Å²) in [6, 6.07) is 20.2. The molecule has 37 heavy (non-hydrogen) atoms. The Bertz CT molecular complexity index is 1460. The molecule has 0 N–H and O–H groups in total. The summed E-state index contributed by atoms with van der Waals surface area (Å²) in [5.41, 5.74) is 2.94. The van der Waals surface area contributed by atoms with Crippen LogP contribution in [0.15, 0.2) is 78.1 Å². The lowest BCUT2D eigenvalue weighted by atomic mass is 9.94. The van der Waals surface area contributed by atoms with Crippen LogP contribution in [0.25, 0.3) is 16.5 Å². The van der Waals surface area contributed by atoms with Gasteiger partial charge in [-0.1, -0.05) is 41.0 Å². The number of ether oxygens (including phenoxy) is 3. The first kappa shape index (κ1) is 25.8. The Balaban J connectivity index is 1.81. The summed E-state index contributed by atoms with van der Waals surface area (Å²) in [6.07, 6.45) is 2.16. The van der Waals surface area contributed by atoms with Crippen molar-refractivity contribution in [2.24, 2.45) is 12.2 Å². The number of benzene rings is 3. The zero-order valence-electron chi connectivity index (χ0n) is 20.8. The number of methoxy groups -OCH3 is 2. The molecule has 1 unspecified atom stereocenters. The molecule has 0 fully saturated rings. The van der Waals surface area contributed by atoms with Gasteiger partial charge in [0.15, 0.2) is 6.10 Å². The maximum Gasteiger partial charge on any atom is 0.341 e. The summed E-state index contributed by atoms with van der Waals surface area (Å²) >= 11 is 5.98. The molecule has 0 saturated carbocycles. The lowest BCUT2D eigenvalue weighted by Gasteiger charge is -2.18. The van der Waals surface area contributed by atoms with Gasteiger partial charge >= 0.3 is 5.97 Å². The molecule has 9 heteroatoms. The highest BCUT2D eigenvalue weighted by molar-refractivity contribution is 6.30. The fourth-order valence-electron chi connectivity index (χ4n) is 3.96. The van der Waals surface area contributed by atoms with Gasteiger partial charge in [-0.2, -0.15) is 5.10 Å². The zero-order chi connectivity index (χ0) is 26.4. The van der Waals surface area contributed by atoms with Gasteiger partial charge in [-0.25, -0.2) is 4.79 Å². The number of rotatable bonds is 9. The van der Waals surface area contributed by atoms with Gasteiger partial charge in [-0.05, 0) is 48.9 Å². The van der Waals surface area contributed by atoms with Crippen LogP contribution in [0, 0.1) is 0 Å². The summed E-state index contributed by atoms with van der Waals surface area (Å²) in [5.74, 6) is 0.769. The minimum atomic E-state index is -0.732. The normalized spacial score (nSPS) is 12.5. The third-order valence-electron chi connectivity index (χ3n) is 5.60. The van der Waals surface area contributed by atoms with Crippen LogP contribution < -0.4 is 4.74 Å². The Kier molecular flexibility index (Phi) is 8.10. The van der Waals surface area contributed by atoms with E-state index < -0.39 is 12.1 Å². The maximum absolute atomic E-state index is 12.6. The van der Waals surface area contributed by atoms with Crippen molar-refractivity contribution in [2.45, 2.75) is 13.0 Å². The molecule has 0 aliphatic carbocycles. The standard InChI is InChI=1S/C28H26ClN3O5/c1-5-30-37-27(22-9-7-6-8-21(22)24(17-34-3)28(33)35-4)26-23-15-14-20(16-25(23)32(2)31-26)36-19-12-10-18(29)11-13-19/h5-17,27H,1-4H3. The molecule has 1 atom stereocenters. The highest BCUT2D eigenvalue weighted by Crippen LogP contribution is 2.37. The number of hydrogen-bond acceptors (Lipinski definition) is 7. The number of esters is 1. The number of nitrogens with zero attached hydrogens (tertiary/aromatic N) is 3. The van der Waals surface area contributed by atoms with Crippen molar-refractivity contribution in [1.29, 1.82) is 0 Å². The molecule has 0 bridgehead atoms. The van der Waals surface area contributed by atoms with E-state index in [0.29, 0.717) is 33.3 Å². The number of carbonyl (C=O) groups is 1. The molecule has 1 heterocycles. The SMILES string of the molecule is CC=NOC(c1ccccc1C(=COC)C(=O)OC)c1nn(C)c2cc(Oc3ccc(Cl)cc3)ccc12. The van der Waals surface area contributed by atoms with E-state index >= 15 is 0 Å². The summed E-state index contributed by atoms with van der Waals surface area (Å²) in [4.78, 5) is 18.5. The van der Waals surface area contributed by atoms with Crippen LogP contribution in [-0.4, -0.2) is 36.2 Å². The maximum atomic E-state index is 12.6. The molecule has 0 aliphatic rings. The van der Waals surface area contributed by atoms with Crippen molar-refractivity contribution in [3.05, 3.63) is 94.8 Å². The first-order valence-corrected chi connectivity index (χ1v) is 11.8. The molecule has 0 amide bonds. The highest BCUT2D eigenvalue weighted by Gasteiger charge is 2.28. The summed E-state index contributed by atoms with van der Waals surface area (Å²) in [5, 5.41) is 10.3. The monoisotopic (exact) mass is 519 g/mol. The summed E-state index contributed by atoms with van der Waals surface area (Å²) in [7, 11) is 4.63. The van der Waals surface area contributed by atoms with Crippen LogP contribution >= 0.6 is 11.6 Å². The van der Waals surface area contributed by atoms with Gasteiger partial charge in [0.2, 0.25) is 0 Å². The first-order valence-electron chi connectivity index (χ1n) is 11.4. The van der Waals surface area contributed by atoms with E-state index in [1.54, 1.807) is 48.2 Å². The van der Waals surface area contributed by atoms with Crippen molar-refractivity contribution >= 4 is 40.3 Å². The minimum absolute atomic E-state index is 0.244. The molecule has 1 aromatic heterocycles. The van der Waals surface area contributed by atoms with Gasteiger partial charge in [-0.3, -0.25) is 4.68 Å². The van der Waals surface area contributed by atoms with Crippen LogP contribution in [0.5, 0.6) is 11.5 Å². The molecular weight excluding hydrogens is 494 g/mol. The van der Waals surface area contributed by atoms with E-state index in [4.69, 9.17) is 35.7 Å². The minimum Gasteiger partial charge on any atom is -0.503 e. The van der Waals surface area contributed by atoms with Crippen LogP contribution in [0.4, 0.5) is 0 Å². The van der Waals surface area contributed by atoms with Crippen LogP contribution in [0.1, 0.15) is 29.8 Å². The Morgan fingerprint density at radius 3 is 2.49 bits per heavy atom. The topological polar surface area (TPSA) is 84.2 Å². The number of oxime groups is 1. The van der Waals surface area contributed by atoms with Gasteiger partial charge in [0.1, 0.15) is 22.8 Å². The second-order valence-corrected chi connectivity index (χ2v) is 8.38. The van der Waals surface area contributed by atoms with Crippen molar-refractivity contribution in [2.75, 3.05) is 14.2 Å². The number of aryl methyl sites for hydroxylation is 1. The Hall–Kier alpha value is -4.30. The van der Waals surface area contributed by atoms with Gasteiger partial charge in [-0.15, -0.1) is 0 Å². The molecule has 8 nitrogen and oxygen atoms in total. The van der Waals surface area contributed by atoms with Crippen LogP contribution in [-0.2, 0) is 26.2 Å². The average Bonchev–Trinajstić information content (AvgIpc) is 3.24. The van der Waals surface area contributed by atoms with Crippen molar-refractivity contribution in [3.63, 3.8) is 0 Å². The lowest BCUT2D eigenvalue weighted by Crippen LogP contribution is -2.12.